The van der Waals surface area contributed by atoms with Crippen molar-refractivity contribution in [1.29, 1.82) is 0 Å². The van der Waals surface area contributed by atoms with Gasteiger partial charge in [-0.2, -0.15) is 0 Å². The van der Waals surface area contributed by atoms with Gasteiger partial charge < -0.3 is 20.2 Å². The third kappa shape index (κ3) is 8.15. The first-order valence-electron chi connectivity index (χ1n) is 8.85. The molecule has 0 aromatic heterocycles. The fourth-order valence-electron chi connectivity index (χ4n) is 2.88. The Bertz CT molecular complexity index is 220. The highest BCUT2D eigenvalue weighted by atomic mass is 16.3. The van der Waals surface area contributed by atoms with Crippen molar-refractivity contribution in [1.82, 2.24) is 15.1 Å². The van der Waals surface area contributed by atoms with Gasteiger partial charge in [-0.25, -0.2) is 0 Å². The number of hydrogen-bond acceptors (Lipinski definition) is 4. The van der Waals surface area contributed by atoms with Gasteiger partial charge in [-0.1, -0.05) is 27.7 Å². The van der Waals surface area contributed by atoms with Gasteiger partial charge >= 0.3 is 0 Å². The van der Waals surface area contributed by atoms with Crippen LogP contribution in [0.5, 0.6) is 0 Å². The standard InChI is InChI=1S/C17H39N3O/c1-6-17(16-21,18-5)12-10-13-20(9-4)15-11-14-19(7-2)8-3/h18,21H,6-16H2,1-5H3. The van der Waals surface area contributed by atoms with Crippen LogP contribution in [-0.4, -0.2) is 73.4 Å². The Balaban J connectivity index is 3.99. The normalized spacial score (nSPS) is 14.9. The number of aliphatic hydroxyl groups is 1. The minimum absolute atomic E-state index is 0.0827. The molecule has 0 aliphatic carbocycles. The smallest absolute Gasteiger partial charge is 0.0613 e. The monoisotopic (exact) mass is 301 g/mol. The van der Waals surface area contributed by atoms with E-state index in [1.165, 1.54) is 19.5 Å². The molecule has 0 bridgehead atoms. The molecule has 0 spiro atoms. The zero-order valence-electron chi connectivity index (χ0n) is 15.1. The minimum Gasteiger partial charge on any atom is -0.394 e. The zero-order valence-corrected chi connectivity index (χ0v) is 15.1. The molecular formula is C17H39N3O. The predicted octanol–water partition coefficient (Wildman–Crippen LogP) is 2.18. The molecule has 0 heterocycles. The Kier molecular flexibility index (Phi) is 12.3. The maximum atomic E-state index is 9.57. The van der Waals surface area contributed by atoms with Crippen LogP contribution in [-0.2, 0) is 0 Å². The van der Waals surface area contributed by atoms with E-state index >= 15 is 0 Å². The van der Waals surface area contributed by atoms with E-state index in [0.29, 0.717) is 0 Å². The average molecular weight is 302 g/mol. The van der Waals surface area contributed by atoms with Crippen molar-refractivity contribution >= 4 is 0 Å². The average Bonchev–Trinajstić information content (AvgIpc) is 2.54. The van der Waals surface area contributed by atoms with Gasteiger partial charge in [0.2, 0.25) is 0 Å². The molecular weight excluding hydrogens is 262 g/mol. The van der Waals surface area contributed by atoms with Gasteiger partial charge in [0.25, 0.3) is 0 Å². The molecule has 1 atom stereocenters. The van der Waals surface area contributed by atoms with Crippen LogP contribution in [0.25, 0.3) is 0 Å². The second kappa shape index (κ2) is 12.4. The highest BCUT2D eigenvalue weighted by molar-refractivity contribution is 4.84. The number of nitrogens with one attached hydrogen (secondary N) is 1. The Morgan fingerprint density at radius 2 is 1.38 bits per heavy atom. The Hall–Kier alpha value is -0.160. The highest BCUT2D eigenvalue weighted by Gasteiger charge is 2.24. The van der Waals surface area contributed by atoms with Crippen molar-refractivity contribution in [2.24, 2.45) is 0 Å². The molecule has 0 saturated heterocycles. The van der Waals surface area contributed by atoms with E-state index in [9.17, 15) is 5.11 Å². The largest absolute Gasteiger partial charge is 0.394 e. The highest BCUT2D eigenvalue weighted by Crippen LogP contribution is 2.16. The van der Waals surface area contributed by atoms with Crippen molar-refractivity contribution in [3.8, 4) is 0 Å². The summed E-state index contributed by atoms with van der Waals surface area (Å²) in [5.74, 6) is 0. The van der Waals surface area contributed by atoms with Crippen molar-refractivity contribution in [3.05, 3.63) is 0 Å². The molecule has 0 amide bonds. The van der Waals surface area contributed by atoms with Crippen LogP contribution in [0.2, 0.25) is 0 Å². The van der Waals surface area contributed by atoms with Gasteiger partial charge in [-0.3, -0.25) is 0 Å². The van der Waals surface area contributed by atoms with Crippen LogP contribution >= 0.6 is 0 Å². The van der Waals surface area contributed by atoms with E-state index in [2.05, 4.69) is 42.8 Å². The fourth-order valence-corrected chi connectivity index (χ4v) is 2.88. The van der Waals surface area contributed by atoms with E-state index < -0.39 is 0 Å². The molecule has 4 nitrogen and oxygen atoms in total. The Morgan fingerprint density at radius 3 is 1.81 bits per heavy atom. The maximum absolute atomic E-state index is 9.57. The van der Waals surface area contributed by atoms with Gasteiger partial charge in [-0.15, -0.1) is 0 Å². The summed E-state index contributed by atoms with van der Waals surface area (Å²) in [7, 11) is 1.96. The molecule has 0 fully saturated rings. The summed E-state index contributed by atoms with van der Waals surface area (Å²) in [6, 6.07) is 0. The second-order valence-electron chi connectivity index (χ2n) is 5.96. The lowest BCUT2D eigenvalue weighted by molar-refractivity contribution is 0.145. The van der Waals surface area contributed by atoms with Crippen LogP contribution in [0, 0.1) is 0 Å². The molecule has 128 valence electrons. The van der Waals surface area contributed by atoms with Crippen LogP contribution in [0.4, 0.5) is 0 Å². The quantitative estimate of drug-likeness (QED) is 0.516. The Labute approximate surface area is 132 Å². The number of hydrogen-bond donors (Lipinski definition) is 2. The molecule has 0 aromatic rings. The van der Waals surface area contributed by atoms with Crippen molar-refractivity contribution in [3.63, 3.8) is 0 Å². The fraction of sp³-hybridized carbons (Fsp3) is 1.00. The molecule has 0 rings (SSSR count). The Morgan fingerprint density at radius 1 is 0.857 bits per heavy atom. The minimum atomic E-state index is -0.0827. The second-order valence-corrected chi connectivity index (χ2v) is 5.96. The SMILES string of the molecule is CCN(CC)CCCN(CC)CCCC(CC)(CO)NC. The lowest BCUT2D eigenvalue weighted by atomic mass is 9.91. The first-order chi connectivity index (χ1) is 10.1. The van der Waals surface area contributed by atoms with Crippen LogP contribution in [0.1, 0.15) is 53.4 Å². The molecule has 1 unspecified atom stereocenters. The number of nitrogens with zero attached hydrogens (tertiary/aromatic N) is 2. The van der Waals surface area contributed by atoms with E-state index in [0.717, 1.165) is 45.4 Å². The van der Waals surface area contributed by atoms with Crippen molar-refractivity contribution in [2.45, 2.75) is 58.9 Å². The first-order valence-corrected chi connectivity index (χ1v) is 8.85. The predicted molar refractivity (Wildman–Crippen MR) is 92.9 cm³/mol. The summed E-state index contributed by atoms with van der Waals surface area (Å²) in [6.07, 6.45) is 4.42. The molecule has 0 aromatic carbocycles. The maximum Gasteiger partial charge on any atom is 0.0613 e. The van der Waals surface area contributed by atoms with E-state index in [1.54, 1.807) is 0 Å². The van der Waals surface area contributed by atoms with Crippen molar-refractivity contribution in [2.75, 3.05) is 52.9 Å². The van der Waals surface area contributed by atoms with Gasteiger partial charge in [0.15, 0.2) is 0 Å². The van der Waals surface area contributed by atoms with Crippen molar-refractivity contribution < 1.29 is 5.11 Å². The van der Waals surface area contributed by atoms with Gasteiger partial charge in [0.05, 0.1) is 6.61 Å². The van der Waals surface area contributed by atoms with E-state index in [1.807, 2.05) is 7.05 Å². The summed E-state index contributed by atoms with van der Waals surface area (Å²) >= 11 is 0. The van der Waals surface area contributed by atoms with Gasteiger partial charge in [0, 0.05) is 5.54 Å². The van der Waals surface area contributed by atoms with Crippen LogP contribution in [0.15, 0.2) is 0 Å². The molecule has 21 heavy (non-hydrogen) atoms. The first kappa shape index (κ1) is 20.8. The van der Waals surface area contributed by atoms with E-state index in [-0.39, 0.29) is 12.1 Å². The summed E-state index contributed by atoms with van der Waals surface area (Å²) in [5, 5.41) is 12.9. The van der Waals surface area contributed by atoms with Crippen LogP contribution < -0.4 is 5.32 Å². The molecule has 4 heteroatoms. The molecule has 0 aliphatic heterocycles. The summed E-state index contributed by atoms with van der Waals surface area (Å²) in [4.78, 5) is 5.03. The summed E-state index contributed by atoms with van der Waals surface area (Å²) < 4.78 is 0. The third-order valence-corrected chi connectivity index (χ3v) is 4.93. The summed E-state index contributed by atoms with van der Waals surface area (Å²) in [6.45, 7) is 16.0. The molecule has 0 aliphatic rings. The lowest BCUT2D eigenvalue weighted by Gasteiger charge is -2.31. The number of likely N-dealkylation sites (N-methyl/N-ethyl adjacent to an activating group) is 1. The van der Waals surface area contributed by atoms with E-state index in [4.69, 9.17) is 0 Å². The van der Waals surface area contributed by atoms with Gasteiger partial charge in [-0.05, 0) is 72.0 Å². The molecule has 0 radical (unpaired) electrons. The molecule has 2 N–H and O–H groups in total. The topological polar surface area (TPSA) is 38.7 Å². The molecule has 0 saturated carbocycles. The number of rotatable bonds is 14. The third-order valence-electron chi connectivity index (χ3n) is 4.93. The van der Waals surface area contributed by atoms with Crippen LogP contribution in [0.3, 0.4) is 0 Å². The summed E-state index contributed by atoms with van der Waals surface area (Å²) in [5.41, 5.74) is -0.0827. The lowest BCUT2D eigenvalue weighted by Crippen LogP contribution is -2.46. The number of aliphatic hydroxyl groups excluding tert-OH is 1. The van der Waals surface area contributed by atoms with Gasteiger partial charge in [0.1, 0.15) is 0 Å². The zero-order chi connectivity index (χ0) is 16.1.